The third kappa shape index (κ3) is 28.6. The molecule has 1 heterocycles. The van der Waals surface area contributed by atoms with Crippen molar-refractivity contribution in [1.82, 2.24) is 0 Å². The minimum atomic E-state index is -0.125. The van der Waals surface area contributed by atoms with Gasteiger partial charge in [0.15, 0.2) is 5.78 Å². The first-order chi connectivity index (χ1) is 43.2. The van der Waals surface area contributed by atoms with Crippen molar-refractivity contribution >= 4 is 115 Å². The third-order valence-corrected chi connectivity index (χ3v) is 15.1. The molecule has 0 spiro atoms. The molecule has 18 heteroatoms. The molecular formula is C74H78BBr2F5N4Ni2O2S2. The van der Waals surface area contributed by atoms with Crippen LogP contribution in [0.4, 0.5) is 45.4 Å². The van der Waals surface area contributed by atoms with Crippen LogP contribution < -0.4 is 5.46 Å². The number of para-hydroxylation sites is 4. The van der Waals surface area contributed by atoms with Gasteiger partial charge in [0.25, 0.3) is 0 Å². The van der Waals surface area contributed by atoms with Gasteiger partial charge in [-0.05, 0) is 99.9 Å². The summed E-state index contributed by atoms with van der Waals surface area (Å²) < 4.78 is 41.5. The summed E-state index contributed by atoms with van der Waals surface area (Å²) in [6, 6.07) is 77.2. The first kappa shape index (κ1) is 85.2. The molecule has 92 heavy (non-hydrogen) atoms. The minimum Gasteiger partial charge on any atom is -0.238 e. The Hall–Kier alpha value is -6.77. The van der Waals surface area contributed by atoms with Gasteiger partial charge in [-0.3, -0.25) is 19.2 Å². The molecule has 2 radical (unpaired) electrons. The molecule has 0 bridgehead atoms. The van der Waals surface area contributed by atoms with Crippen LogP contribution in [-0.4, -0.2) is 58.9 Å². The molecule has 490 valence electrons. The second kappa shape index (κ2) is 48.9. The van der Waals surface area contributed by atoms with Crippen LogP contribution in [0.1, 0.15) is 64.8 Å². The number of aryl methyl sites for hydroxylation is 4. The smallest absolute Gasteiger partial charge is 0.129 e. The number of aliphatic hydroxyl groups excluding tert-OH is 1. The SMILES string of the molecule is C.C.CC(=Nc1c(C)cccc1C)C(C)=Nc1c(C)cccc1C.CC(=O)C=C(C)O.CF.FF.FF.[B]c1ccccc1.[Br][Ni][Br].[Ni].c1ccc(-c2cccc(-c3ccccc3)c2N=C2SCCSC2=Nc2c(-c3ccccc3)cccc2-c2ccccc2)cc1. The van der Waals surface area contributed by atoms with E-state index >= 15 is 0 Å². The molecule has 1 aliphatic rings. The largest absolute Gasteiger partial charge is 0.238 e. The zero-order chi connectivity index (χ0) is 65.5. The van der Waals surface area contributed by atoms with Crippen LogP contribution in [0.2, 0.25) is 0 Å². The molecule has 1 fully saturated rings. The number of thioether (sulfide) groups is 2. The quantitative estimate of drug-likeness (QED) is 0.0486. The van der Waals surface area contributed by atoms with Crippen LogP contribution in [0.3, 0.4) is 0 Å². The monoisotopic (exact) mass is 1500 g/mol. The first-order valence-electron chi connectivity index (χ1n) is 27.5. The maximum atomic E-state index is 10.0. The summed E-state index contributed by atoms with van der Waals surface area (Å²) in [5.41, 5.74) is 20.6. The second-order valence-corrected chi connectivity index (χ2v) is 26.3. The van der Waals surface area contributed by atoms with Crippen LogP contribution in [0.25, 0.3) is 44.5 Å². The van der Waals surface area contributed by atoms with E-state index < -0.39 is 0 Å². The molecule has 0 unspecified atom stereocenters. The molecule has 10 rings (SSSR count). The van der Waals surface area contributed by atoms with Gasteiger partial charge in [-0.1, -0.05) is 245 Å². The second-order valence-electron chi connectivity index (χ2n) is 19.1. The van der Waals surface area contributed by atoms with Crippen molar-refractivity contribution in [2.45, 2.75) is 70.2 Å². The Bertz CT molecular complexity index is 3360. The predicted octanol–water partition coefficient (Wildman–Crippen LogP) is 24.1. The molecule has 0 atom stereocenters. The molecule has 0 aliphatic carbocycles. The van der Waals surface area contributed by atoms with Crippen molar-refractivity contribution in [2.75, 3.05) is 18.7 Å². The Kier molecular flexibility index (Phi) is 45.3. The molecule has 0 amide bonds. The van der Waals surface area contributed by atoms with Gasteiger partial charge in [-0.25, -0.2) is 9.98 Å². The van der Waals surface area contributed by atoms with Gasteiger partial charge in [-0.2, -0.15) is 0 Å². The van der Waals surface area contributed by atoms with Gasteiger partial charge in [0.05, 0.1) is 47.1 Å². The first-order valence-corrected chi connectivity index (χ1v) is 34.4. The molecular weight excluding hydrogens is 1420 g/mol. The minimum absolute atomic E-state index is 0. The number of aliphatic imine (C=N–C) groups is 4. The molecule has 1 aliphatic heterocycles. The number of benzene rings is 9. The van der Waals surface area contributed by atoms with Crippen molar-refractivity contribution in [2.24, 2.45) is 20.0 Å². The molecule has 9 aromatic rings. The van der Waals surface area contributed by atoms with E-state index in [4.69, 9.17) is 51.2 Å². The van der Waals surface area contributed by atoms with Crippen LogP contribution in [0.15, 0.2) is 256 Å². The predicted molar refractivity (Wildman–Crippen MR) is 393 cm³/mol. The van der Waals surface area contributed by atoms with E-state index in [1.54, 1.807) is 23.5 Å². The summed E-state index contributed by atoms with van der Waals surface area (Å²) in [6.07, 6.45) is 1.17. The van der Waals surface area contributed by atoms with Crippen molar-refractivity contribution < 1.29 is 60.0 Å². The molecule has 1 saturated heterocycles. The van der Waals surface area contributed by atoms with Crippen molar-refractivity contribution in [3.05, 3.63) is 259 Å². The number of rotatable bonds is 10. The standard InChI is InChI=1S/C40H30N2S2.C20H24N2.C6H5B.C5H8O2.CH3F.2CH4.2BrH.2F2.2Ni/c1-5-15-29(16-6-1)33-23-13-24-34(30-17-7-2-8-18-30)37(33)41-39-40(44-28-27-43-39)42-38-35(31-19-9-3-10-20-31)25-14-26-36(38)32-21-11-4-12-22-32;1-13-9-7-10-14(2)19(13)21-17(5)18(6)22-20-15(3)11-8-12-16(20)4;7-6-4-2-1-3-5-6;1-4(6)3-5(2)7;1-2;;;;;2*1-2;;/h1-26H,27-28H2;7-12H,1-6H3;1-5H;3,6H,1-2H3;1H3;2*1H4;2*1H;;;;/q;;;;;;;;;;;;+2/p-2. The summed E-state index contributed by atoms with van der Waals surface area (Å²) in [6.45, 7) is 15.3. The Labute approximate surface area is 582 Å². The zero-order valence-corrected chi connectivity index (χ0v) is 58.0. The van der Waals surface area contributed by atoms with Gasteiger partial charge in [-0.15, -0.1) is 23.5 Å². The summed E-state index contributed by atoms with van der Waals surface area (Å²) in [5.74, 6) is 1.91. The van der Waals surface area contributed by atoms with Gasteiger partial charge >= 0.3 is 39.3 Å². The van der Waals surface area contributed by atoms with E-state index in [0.717, 1.165) is 106 Å². The van der Waals surface area contributed by atoms with Crippen molar-refractivity contribution in [3.8, 4) is 44.5 Å². The number of nitrogens with zero attached hydrogens (tertiary/aromatic N) is 4. The number of alkyl halides is 1. The summed E-state index contributed by atoms with van der Waals surface area (Å²) in [7, 11) is 7.11. The molecule has 0 aromatic heterocycles. The van der Waals surface area contributed by atoms with E-state index in [-0.39, 0.29) is 42.9 Å². The zero-order valence-electron chi connectivity index (χ0n) is 51.2. The summed E-state index contributed by atoms with van der Waals surface area (Å²) >= 11 is 9.59. The summed E-state index contributed by atoms with van der Waals surface area (Å²) in [5, 5.41) is 10.3. The number of carbonyl (C=O) groups is 1. The van der Waals surface area contributed by atoms with Gasteiger partial charge in [0.1, 0.15) is 17.9 Å². The topological polar surface area (TPSA) is 86.7 Å². The maximum absolute atomic E-state index is 10.0. The number of aliphatic hydroxyl groups is 1. The maximum Gasteiger partial charge on any atom is 0.129 e. The average Bonchev–Trinajstić information content (AvgIpc) is 0.807. The van der Waals surface area contributed by atoms with Crippen molar-refractivity contribution in [3.63, 3.8) is 0 Å². The van der Waals surface area contributed by atoms with E-state index in [9.17, 15) is 9.18 Å². The number of hydrogen-bond acceptors (Lipinski definition) is 8. The van der Waals surface area contributed by atoms with Gasteiger partial charge in [0, 0.05) is 74.6 Å². The van der Waals surface area contributed by atoms with E-state index in [2.05, 4.69) is 250 Å². The fourth-order valence-corrected chi connectivity index (χ4v) is 10.8. The molecule has 0 saturated carbocycles. The number of halogens is 7. The van der Waals surface area contributed by atoms with E-state index in [0.29, 0.717) is 7.18 Å². The Morgan fingerprint density at radius 3 is 0.891 bits per heavy atom. The van der Waals surface area contributed by atoms with Crippen LogP contribution in [-0.2, 0) is 32.2 Å². The normalized spacial score (nSPS) is 12.2. The fraction of sp³-hybridized carbons (Fsp3) is 0.176. The Morgan fingerprint density at radius 1 is 0.446 bits per heavy atom. The summed E-state index contributed by atoms with van der Waals surface area (Å²) in [4.78, 5) is 30.6. The Balaban J connectivity index is 0.00000144. The fourth-order valence-electron chi connectivity index (χ4n) is 8.70. The Morgan fingerprint density at radius 2 is 0.685 bits per heavy atom. The van der Waals surface area contributed by atoms with Crippen LogP contribution in [0.5, 0.6) is 0 Å². The van der Waals surface area contributed by atoms with E-state index in [1.807, 2.05) is 44.2 Å². The van der Waals surface area contributed by atoms with Crippen LogP contribution >= 0.6 is 52.0 Å². The van der Waals surface area contributed by atoms with Gasteiger partial charge in [0.2, 0.25) is 0 Å². The molecule has 1 N–H and O–H groups in total. The van der Waals surface area contributed by atoms with Gasteiger partial charge < -0.3 is 5.11 Å². The number of carbonyl (C=O) groups excluding carboxylic acids is 1. The number of ketones is 1. The van der Waals surface area contributed by atoms with Crippen LogP contribution in [0, 0.1) is 27.7 Å². The number of allylic oxidation sites excluding steroid dienone is 2. The molecule has 6 nitrogen and oxygen atoms in total. The van der Waals surface area contributed by atoms with Crippen molar-refractivity contribution in [1.29, 1.82) is 0 Å². The van der Waals surface area contributed by atoms with E-state index in [1.165, 1.54) is 53.1 Å². The molecule has 9 aromatic carbocycles. The number of hydrogen-bond donors (Lipinski definition) is 1. The average molecular weight is 1500 g/mol. The third-order valence-electron chi connectivity index (χ3n) is 12.8.